The van der Waals surface area contributed by atoms with Crippen LogP contribution < -0.4 is 0 Å². The van der Waals surface area contributed by atoms with Crippen molar-refractivity contribution in [2.75, 3.05) is 0 Å². The van der Waals surface area contributed by atoms with Gasteiger partial charge < -0.3 is 0 Å². The first-order valence-electron chi connectivity index (χ1n) is 9.91. The summed E-state index contributed by atoms with van der Waals surface area (Å²) in [6, 6.07) is 33.2. The molecule has 0 heteroatoms. The molecule has 0 spiro atoms. The van der Waals surface area contributed by atoms with Gasteiger partial charge in [0.1, 0.15) is 0 Å². The Hall–Kier alpha value is -3.12. The second-order valence-electron chi connectivity index (χ2n) is 7.77. The van der Waals surface area contributed by atoms with E-state index in [1.807, 2.05) is 0 Å². The van der Waals surface area contributed by atoms with Gasteiger partial charge in [0.25, 0.3) is 0 Å². The molecule has 0 aliphatic rings. The maximum atomic E-state index is 2.33. The maximum absolute atomic E-state index is 2.33. The van der Waals surface area contributed by atoms with Gasteiger partial charge in [0.2, 0.25) is 0 Å². The van der Waals surface area contributed by atoms with Crippen LogP contribution in [0, 0.1) is 20.8 Å². The van der Waals surface area contributed by atoms with Gasteiger partial charge in [0, 0.05) is 0 Å². The zero-order valence-corrected chi connectivity index (χ0v) is 16.9. The molecule has 138 valence electrons. The van der Waals surface area contributed by atoms with Gasteiger partial charge in [-0.25, -0.2) is 0 Å². The summed E-state index contributed by atoms with van der Waals surface area (Å²) in [5.74, 6) is 0. The van der Waals surface area contributed by atoms with E-state index in [1.54, 1.807) is 0 Å². The van der Waals surface area contributed by atoms with E-state index < -0.39 is 0 Å². The van der Waals surface area contributed by atoms with Gasteiger partial charge in [-0.05, 0) is 66.1 Å². The molecule has 28 heavy (non-hydrogen) atoms. The molecule has 0 unspecified atom stereocenters. The summed E-state index contributed by atoms with van der Waals surface area (Å²) in [5.41, 5.74) is 11.8. The number of hydrogen-bond acceptors (Lipinski definition) is 0. The van der Waals surface area contributed by atoms with E-state index >= 15 is 0 Å². The summed E-state index contributed by atoms with van der Waals surface area (Å²) in [6.07, 6.45) is 0.943. The van der Waals surface area contributed by atoms with Crippen molar-refractivity contribution in [2.45, 2.75) is 27.2 Å². The number of benzene rings is 4. The average molecular weight is 363 g/mol. The van der Waals surface area contributed by atoms with Crippen molar-refractivity contribution in [3.05, 3.63) is 119 Å². The smallest absolute Gasteiger partial charge is 0.00253 e. The molecule has 0 radical (unpaired) electrons. The van der Waals surface area contributed by atoms with E-state index in [-0.39, 0.29) is 0 Å². The van der Waals surface area contributed by atoms with Crippen LogP contribution in [0.15, 0.2) is 91.0 Å². The predicted molar refractivity (Wildman–Crippen MR) is 121 cm³/mol. The highest BCUT2D eigenvalue weighted by Gasteiger charge is 2.05. The number of aryl methyl sites for hydroxylation is 3. The lowest BCUT2D eigenvalue weighted by molar-refractivity contribution is 1.19. The van der Waals surface area contributed by atoms with Crippen molar-refractivity contribution in [3.8, 4) is 22.3 Å². The molecule has 0 N–H and O–H groups in total. The second kappa shape index (κ2) is 7.86. The Balaban J connectivity index is 1.64. The van der Waals surface area contributed by atoms with Crippen LogP contribution in [0.4, 0.5) is 0 Å². The van der Waals surface area contributed by atoms with Gasteiger partial charge in [-0.2, -0.15) is 0 Å². The minimum absolute atomic E-state index is 0.943. The Bertz CT molecular complexity index is 1100. The zero-order chi connectivity index (χ0) is 19.5. The molecule has 0 fully saturated rings. The molecule has 4 aromatic carbocycles. The highest BCUT2D eigenvalue weighted by atomic mass is 14.1. The van der Waals surface area contributed by atoms with Gasteiger partial charge in [0.05, 0.1) is 0 Å². The van der Waals surface area contributed by atoms with Crippen LogP contribution in [0.25, 0.3) is 22.3 Å². The van der Waals surface area contributed by atoms with Crippen molar-refractivity contribution in [1.29, 1.82) is 0 Å². The third-order valence-electron chi connectivity index (χ3n) is 5.27. The fourth-order valence-electron chi connectivity index (χ4n) is 3.98. The lowest BCUT2D eigenvalue weighted by Crippen LogP contribution is -1.91. The molecular formula is C28H26. The van der Waals surface area contributed by atoms with Crippen molar-refractivity contribution in [2.24, 2.45) is 0 Å². The molecule has 0 bridgehead atoms. The van der Waals surface area contributed by atoms with Gasteiger partial charge in [-0.3, -0.25) is 0 Å². The SMILES string of the molecule is Cc1cc(C)cc(-c2cccc(Cc3cccc(-c4ccccc4C)c3)c2)c1. The Kier molecular flexibility index (Phi) is 5.12. The first kappa shape index (κ1) is 18.3. The topological polar surface area (TPSA) is 0 Å². The van der Waals surface area contributed by atoms with Gasteiger partial charge in [-0.1, -0.05) is 102 Å². The van der Waals surface area contributed by atoms with E-state index in [0.717, 1.165) is 6.42 Å². The fraction of sp³-hybridized carbons (Fsp3) is 0.143. The largest absolute Gasteiger partial charge is 0.0620 e. The van der Waals surface area contributed by atoms with E-state index in [1.165, 1.54) is 50.1 Å². The van der Waals surface area contributed by atoms with Crippen LogP contribution in [0.2, 0.25) is 0 Å². The van der Waals surface area contributed by atoms with E-state index in [9.17, 15) is 0 Å². The molecular weight excluding hydrogens is 336 g/mol. The van der Waals surface area contributed by atoms with E-state index in [4.69, 9.17) is 0 Å². The highest BCUT2D eigenvalue weighted by molar-refractivity contribution is 5.68. The fourth-order valence-corrected chi connectivity index (χ4v) is 3.98. The van der Waals surface area contributed by atoms with Crippen LogP contribution in [0.1, 0.15) is 27.8 Å². The third-order valence-corrected chi connectivity index (χ3v) is 5.27. The van der Waals surface area contributed by atoms with Crippen LogP contribution >= 0.6 is 0 Å². The van der Waals surface area contributed by atoms with Crippen LogP contribution in [0.3, 0.4) is 0 Å². The summed E-state index contributed by atoms with van der Waals surface area (Å²) in [5, 5.41) is 0. The maximum Gasteiger partial charge on any atom is -0.00253 e. The summed E-state index contributed by atoms with van der Waals surface area (Å²) in [6.45, 7) is 6.50. The monoisotopic (exact) mass is 362 g/mol. The predicted octanol–water partition coefficient (Wildman–Crippen LogP) is 7.54. The van der Waals surface area contributed by atoms with E-state index in [2.05, 4.69) is 112 Å². The van der Waals surface area contributed by atoms with Crippen LogP contribution in [-0.4, -0.2) is 0 Å². The lowest BCUT2D eigenvalue weighted by Gasteiger charge is -2.10. The Morgan fingerprint density at radius 1 is 0.500 bits per heavy atom. The molecule has 0 heterocycles. The summed E-state index contributed by atoms with van der Waals surface area (Å²) < 4.78 is 0. The molecule has 0 saturated heterocycles. The van der Waals surface area contributed by atoms with Gasteiger partial charge >= 0.3 is 0 Å². The van der Waals surface area contributed by atoms with Gasteiger partial charge in [-0.15, -0.1) is 0 Å². The van der Waals surface area contributed by atoms with Crippen molar-refractivity contribution in [3.63, 3.8) is 0 Å². The Morgan fingerprint density at radius 3 is 1.79 bits per heavy atom. The normalized spacial score (nSPS) is 10.8. The minimum Gasteiger partial charge on any atom is -0.0620 e. The molecule has 0 amide bonds. The molecule has 0 atom stereocenters. The van der Waals surface area contributed by atoms with E-state index in [0.29, 0.717) is 0 Å². The average Bonchev–Trinajstić information content (AvgIpc) is 2.68. The first-order valence-corrected chi connectivity index (χ1v) is 9.91. The zero-order valence-electron chi connectivity index (χ0n) is 16.9. The molecule has 0 aliphatic carbocycles. The first-order chi connectivity index (χ1) is 13.6. The molecule has 0 aromatic heterocycles. The lowest BCUT2D eigenvalue weighted by atomic mass is 9.95. The number of hydrogen-bond donors (Lipinski definition) is 0. The molecule has 4 aromatic rings. The van der Waals surface area contributed by atoms with Crippen molar-refractivity contribution in [1.82, 2.24) is 0 Å². The molecule has 0 saturated carbocycles. The van der Waals surface area contributed by atoms with Gasteiger partial charge in [0.15, 0.2) is 0 Å². The highest BCUT2D eigenvalue weighted by Crippen LogP contribution is 2.27. The summed E-state index contributed by atoms with van der Waals surface area (Å²) in [4.78, 5) is 0. The standard InChI is InChI=1S/C28H26/c1-20-14-21(2)16-27(15-20)25-11-6-9-23(18-25)17-24-10-7-12-26(19-24)28-13-5-4-8-22(28)3/h4-16,18-19H,17H2,1-3H3. The summed E-state index contributed by atoms with van der Waals surface area (Å²) >= 11 is 0. The molecule has 0 aliphatic heterocycles. The quantitative estimate of drug-likeness (QED) is 0.352. The summed E-state index contributed by atoms with van der Waals surface area (Å²) in [7, 11) is 0. The number of rotatable bonds is 4. The Morgan fingerprint density at radius 2 is 1.11 bits per heavy atom. The van der Waals surface area contributed by atoms with Crippen LogP contribution in [-0.2, 0) is 6.42 Å². The molecule has 4 rings (SSSR count). The molecule has 0 nitrogen and oxygen atoms in total. The van der Waals surface area contributed by atoms with Crippen LogP contribution in [0.5, 0.6) is 0 Å². The third kappa shape index (κ3) is 4.07. The Labute approximate surface area is 168 Å². The second-order valence-corrected chi connectivity index (χ2v) is 7.77. The minimum atomic E-state index is 0.943. The van der Waals surface area contributed by atoms with Crippen molar-refractivity contribution >= 4 is 0 Å². The van der Waals surface area contributed by atoms with Crippen molar-refractivity contribution < 1.29 is 0 Å².